The molecule has 2 N–H and O–H groups in total. The van der Waals surface area contributed by atoms with Crippen LogP contribution in [0, 0.1) is 0 Å². The summed E-state index contributed by atoms with van der Waals surface area (Å²) in [7, 11) is 0. The second kappa shape index (κ2) is 7.36. The minimum atomic E-state index is -0.385. The first-order valence-corrected chi connectivity index (χ1v) is 6.83. The zero-order valence-electron chi connectivity index (χ0n) is 11.4. The van der Waals surface area contributed by atoms with Crippen molar-refractivity contribution >= 4 is 11.9 Å². The normalized spacial score (nSPS) is 22.8. The van der Waals surface area contributed by atoms with E-state index in [-0.39, 0.29) is 17.4 Å². The number of rotatable bonds is 7. The molecule has 104 valence electrons. The first kappa shape index (κ1) is 15.0. The van der Waals surface area contributed by atoms with Gasteiger partial charge in [0, 0.05) is 13.0 Å². The molecule has 0 aromatic carbocycles. The number of amides is 1. The van der Waals surface area contributed by atoms with Crippen molar-refractivity contribution in [2.75, 3.05) is 19.7 Å². The van der Waals surface area contributed by atoms with Crippen molar-refractivity contribution in [2.24, 2.45) is 0 Å². The lowest BCUT2D eigenvalue weighted by molar-refractivity contribution is -0.143. The van der Waals surface area contributed by atoms with Crippen molar-refractivity contribution in [3.63, 3.8) is 0 Å². The molecule has 1 saturated heterocycles. The summed E-state index contributed by atoms with van der Waals surface area (Å²) in [5, 5.41) is 6.19. The average Bonchev–Trinajstić information content (AvgIpc) is 2.84. The van der Waals surface area contributed by atoms with Crippen molar-refractivity contribution in [2.45, 2.75) is 51.5 Å². The Kier molecular flexibility index (Phi) is 6.12. The molecule has 1 amide bonds. The molecule has 0 bridgehead atoms. The molecule has 5 nitrogen and oxygen atoms in total. The molecule has 0 spiro atoms. The SMILES string of the molecule is CCOC(=O)CCCNC(=O)C1(CC)CCCN1. The van der Waals surface area contributed by atoms with Crippen molar-refractivity contribution in [1.82, 2.24) is 10.6 Å². The maximum atomic E-state index is 12.1. The quantitative estimate of drug-likeness (QED) is 0.526. The number of hydrogen-bond donors (Lipinski definition) is 2. The van der Waals surface area contributed by atoms with Crippen LogP contribution in [0.5, 0.6) is 0 Å². The Bertz CT molecular complexity index is 286. The van der Waals surface area contributed by atoms with E-state index in [0.717, 1.165) is 25.8 Å². The Morgan fingerprint density at radius 3 is 2.72 bits per heavy atom. The van der Waals surface area contributed by atoms with Crippen LogP contribution in [-0.2, 0) is 14.3 Å². The van der Waals surface area contributed by atoms with E-state index < -0.39 is 0 Å². The summed E-state index contributed by atoms with van der Waals surface area (Å²) in [6.45, 7) is 5.66. The summed E-state index contributed by atoms with van der Waals surface area (Å²) in [4.78, 5) is 23.2. The fourth-order valence-corrected chi connectivity index (χ4v) is 2.30. The average molecular weight is 256 g/mol. The highest BCUT2D eigenvalue weighted by atomic mass is 16.5. The molecule has 1 atom stereocenters. The highest BCUT2D eigenvalue weighted by Gasteiger charge is 2.38. The van der Waals surface area contributed by atoms with Crippen LogP contribution in [0.3, 0.4) is 0 Å². The van der Waals surface area contributed by atoms with Crippen LogP contribution < -0.4 is 10.6 Å². The van der Waals surface area contributed by atoms with Crippen LogP contribution in [0.1, 0.15) is 46.0 Å². The highest BCUT2D eigenvalue weighted by Crippen LogP contribution is 2.22. The number of carbonyl (C=O) groups is 2. The van der Waals surface area contributed by atoms with E-state index in [1.807, 2.05) is 6.92 Å². The lowest BCUT2D eigenvalue weighted by Crippen LogP contribution is -2.53. The molecule has 18 heavy (non-hydrogen) atoms. The predicted molar refractivity (Wildman–Crippen MR) is 69.1 cm³/mol. The van der Waals surface area contributed by atoms with Crippen LogP contribution in [0.2, 0.25) is 0 Å². The molecule has 5 heteroatoms. The predicted octanol–water partition coefficient (Wildman–Crippen LogP) is 0.978. The smallest absolute Gasteiger partial charge is 0.305 e. The molecular weight excluding hydrogens is 232 g/mol. The second-order valence-corrected chi connectivity index (χ2v) is 4.63. The summed E-state index contributed by atoms with van der Waals surface area (Å²) < 4.78 is 4.83. The molecule has 0 aromatic heterocycles. The van der Waals surface area contributed by atoms with Crippen LogP contribution in [-0.4, -0.2) is 37.1 Å². The Balaban J connectivity index is 2.22. The summed E-state index contributed by atoms with van der Waals surface area (Å²) in [6.07, 6.45) is 3.74. The molecular formula is C13H24N2O3. The van der Waals surface area contributed by atoms with E-state index in [1.54, 1.807) is 6.92 Å². The fourth-order valence-electron chi connectivity index (χ4n) is 2.30. The third-order valence-corrected chi connectivity index (χ3v) is 3.43. The van der Waals surface area contributed by atoms with E-state index in [0.29, 0.717) is 26.0 Å². The van der Waals surface area contributed by atoms with Gasteiger partial charge in [0.25, 0.3) is 0 Å². The third-order valence-electron chi connectivity index (χ3n) is 3.43. The third kappa shape index (κ3) is 3.98. The highest BCUT2D eigenvalue weighted by molar-refractivity contribution is 5.86. The first-order chi connectivity index (χ1) is 8.64. The molecule has 0 aromatic rings. The molecule has 0 aliphatic carbocycles. The molecule has 1 fully saturated rings. The Morgan fingerprint density at radius 2 is 2.17 bits per heavy atom. The minimum Gasteiger partial charge on any atom is -0.466 e. The maximum Gasteiger partial charge on any atom is 0.305 e. The summed E-state index contributed by atoms with van der Waals surface area (Å²) in [5.74, 6) is -0.137. The Hall–Kier alpha value is -1.10. The molecule has 1 aliphatic heterocycles. The monoisotopic (exact) mass is 256 g/mol. The number of hydrogen-bond acceptors (Lipinski definition) is 4. The Morgan fingerprint density at radius 1 is 1.39 bits per heavy atom. The van der Waals surface area contributed by atoms with Gasteiger partial charge < -0.3 is 15.4 Å². The van der Waals surface area contributed by atoms with Crippen molar-refractivity contribution in [3.8, 4) is 0 Å². The van der Waals surface area contributed by atoms with E-state index in [4.69, 9.17) is 4.74 Å². The molecule has 0 radical (unpaired) electrons. The van der Waals surface area contributed by atoms with Crippen LogP contribution in [0.25, 0.3) is 0 Å². The lowest BCUT2D eigenvalue weighted by atomic mass is 9.93. The van der Waals surface area contributed by atoms with Gasteiger partial charge in [-0.25, -0.2) is 0 Å². The first-order valence-electron chi connectivity index (χ1n) is 6.83. The zero-order chi connectivity index (χ0) is 13.4. The van der Waals surface area contributed by atoms with E-state index >= 15 is 0 Å². The molecule has 0 saturated carbocycles. The molecule has 1 aliphatic rings. The molecule has 1 unspecified atom stereocenters. The number of carbonyl (C=O) groups excluding carboxylic acids is 2. The van der Waals surface area contributed by atoms with Gasteiger partial charge in [0.05, 0.1) is 12.1 Å². The van der Waals surface area contributed by atoms with Crippen LogP contribution >= 0.6 is 0 Å². The van der Waals surface area contributed by atoms with Gasteiger partial charge in [-0.1, -0.05) is 6.92 Å². The number of esters is 1. The van der Waals surface area contributed by atoms with Gasteiger partial charge in [-0.15, -0.1) is 0 Å². The van der Waals surface area contributed by atoms with E-state index in [1.165, 1.54) is 0 Å². The number of ether oxygens (including phenoxy) is 1. The van der Waals surface area contributed by atoms with Gasteiger partial charge >= 0.3 is 5.97 Å². The lowest BCUT2D eigenvalue weighted by Gasteiger charge is -2.26. The zero-order valence-corrected chi connectivity index (χ0v) is 11.4. The van der Waals surface area contributed by atoms with E-state index in [9.17, 15) is 9.59 Å². The maximum absolute atomic E-state index is 12.1. The van der Waals surface area contributed by atoms with Crippen molar-refractivity contribution in [3.05, 3.63) is 0 Å². The summed E-state index contributed by atoms with van der Waals surface area (Å²) in [6, 6.07) is 0. The van der Waals surface area contributed by atoms with Crippen molar-refractivity contribution < 1.29 is 14.3 Å². The molecule has 1 rings (SSSR count). The second-order valence-electron chi connectivity index (χ2n) is 4.63. The fraction of sp³-hybridized carbons (Fsp3) is 0.846. The van der Waals surface area contributed by atoms with Gasteiger partial charge in [-0.2, -0.15) is 0 Å². The van der Waals surface area contributed by atoms with Gasteiger partial charge in [0.2, 0.25) is 5.91 Å². The van der Waals surface area contributed by atoms with Gasteiger partial charge in [-0.3, -0.25) is 9.59 Å². The van der Waals surface area contributed by atoms with Crippen LogP contribution in [0.4, 0.5) is 0 Å². The largest absolute Gasteiger partial charge is 0.466 e. The summed E-state index contributed by atoms with van der Waals surface area (Å²) in [5.41, 5.74) is -0.385. The minimum absolute atomic E-state index is 0.0614. The van der Waals surface area contributed by atoms with Gasteiger partial charge in [0.1, 0.15) is 0 Å². The topological polar surface area (TPSA) is 67.4 Å². The number of nitrogens with one attached hydrogen (secondary N) is 2. The molecule has 1 heterocycles. The standard InChI is InChI=1S/C13H24N2O3/c1-3-13(8-6-10-15-13)12(17)14-9-5-7-11(16)18-4-2/h15H,3-10H2,1-2H3,(H,14,17). The van der Waals surface area contributed by atoms with Crippen molar-refractivity contribution in [1.29, 1.82) is 0 Å². The van der Waals surface area contributed by atoms with Crippen LogP contribution in [0.15, 0.2) is 0 Å². The Labute approximate surface area is 109 Å². The van der Waals surface area contributed by atoms with Gasteiger partial charge in [-0.05, 0) is 39.2 Å². The summed E-state index contributed by atoms with van der Waals surface area (Å²) >= 11 is 0. The van der Waals surface area contributed by atoms with Gasteiger partial charge in [0.15, 0.2) is 0 Å². The van der Waals surface area contributed by atoms with E-state index in [2.05, 4.69) is 10.6 Å².